The maximum atomic E-state index is 12.7. The van der Waals surface area contributed by atoms with Crippen molar-refractivity contribution in [2.24, 2.45) is 5.92 Å². The third-order valence-corrected chi connectivity index (χ3v) is 5.57. The molecule has 134 valence electrons. The number of ether oxygens (including phenoxy) is 1. The molecule has 5 nitrogen and oxygen atoms in total. The fourth-order valence-corrected chi connectivity index (χ4v) is 3.90. The second kappa shape index (κ2) is 6.70. The Morgan fingerprint density at radius 3 is 2.40 bits per heavy atom. The van der Waals surface area contributed by atoms with E-state index >= 15 is 0 Å². The first-order valence-corrected chi connectivity index (χ1v) is 9.42. The van der Waals surface area contributed by atoms with Crippen LogP contribution in [-0.2, 0) is 9.59 Å². The van der Waals surface area contributed by atoms with Gasteiger partial charge < -0.3 is 14.5 Å². The van der Waals surface area contributed by atoms with Gasteiger partial charge in [0.05, 0.1) is 5.92 Å². The minimum Gasteiger partial charge on any atom is -0.490 e. The number of likely N-dealkylation sites (tertiary alicyclic amines) is 2. The maximum absolute atomic E-state index is 12.7. The van der Waals surface area contributed by atoms with E-state index in [1.54, 1.807) is 0 Å². The van der Waals surface area contributed by atoms with Gasteiger partial charge in [-0.2, -0.15) is 0 Å². The van der Waals surface area contributed by atoms with E-state index in [-0.39, 0.29) is 23.8 Å². The quantitative estimate of drug-likeness (QED) is 0.844. The van der Waals surface area contributed by atoms with Crippen LogP contribution in [0.5, 0.6) is 5.75 Å². The molecule has 0 bridgehead atoms. The number of carbonyl (C=O) groups excluding carboxylic acids is 2. The minimum absolute atomic E-state index is 0.136. The summed E-state index contributed by atoms with van der Waals surface area (Å²) in [6, 6.07) is 8.53. The van der Waals surface area contributed by atoms with Crippen molar-refractivity contribution in [1.29, 1.82) is 0 Å². The van der Waals surface area contributed by atoms with Crippen LogP contribution >= 0.6 is 0 Å². The van der Waals surface area contributed by atoms with E-state index < -0.39 is 0 Å². The van der Waals surface area contributed by atoms with E-state index in [1.165, 1.54) is 5.56 Å². The molecule has 2 aliphatic heterocycles. The zero-order valence-electron chi connectivity index (χ0n) is 14.8. The number of rotatable bonds is 4. The second-order valence-corrected chi connectivity index (χ2v) is 7.63. The Morgan fingerprint density at radius 2 is 1.76 bits per heavy atom. The van der Waals surface area contributed by atoms with Crippen molar-refractivity contribution in [3.8, 4) is 5.75 Å². The van der Waals surface area contributed by atoms with Gasteiger partial charge in [-0.3, -0.25) is 9.59 Å². The Morgan fingerprint density at radius 1 is 1.08 bits per heavy atom. The van der Waals surface area contributed by atoms with Crippen LogP contribution in [0.3, 0.4) is 0 Å². The van der Waals surface area contributed by atoms with Crippen molar-refractivity contribution < 1.29 is 14.3 Å². The maximum Gasteiger partial charge on any atom is 0.227 e. The molecule has 1 atom stereocenters. The van der Waals surface area contributed by atoms with E-state index in [2.05, 4.69) is 19.1 Å². The van der Waals surface area contributed by atoms with Crippen molar-refractivity contribution >= 4 is 11.8 Å². The molecule has 2 heterocycles. The summed E-state index contributed by atoms with van der Waals surface area (Å²) in [5.41, 5.74) is 1.22. The third kappa shape index (κ3) is 3.65. The molecule has 2 amide bonds. The van der Waals surface area contributed by atoms with Crippen LogP contribution in [0, 0.1) is 12.8 Å². The number of hydrogen-bond donors (Lipinski definition) is 0. The van der Waals surface area contributed by atoms with Crippen LogP contribution in [0.2, 0.25) is 0 Å². The first-order valence-electron chi connectivity index (χ1n) is 9.42. The van der Waals surface area contributed by atoms with Gasteiger partial charge in [-0.15, -0.1) is 0 Å². The molecule has 1 saturated carbocycles. The lowest BCUT2D eigenvalue weighted by Gasteiger charge is -2.33. The van der Waals surface area contributed by atoms with Gasteiger partial charge in [0.1, 0.15) is 11.9 Å². The molecular formula is C20H26N2O3. The molecule has 4 rings (SSSR count). The first-order chi connectivity index (χ1) is 12.1. The molecule has 3 aliphatic rings. The third-order valence-electron chi connectivity index (χ3n) is 5.57. The van der Waals surface area contributed by atoms with E-state index in [4.69, 9.17) is 4.74 Å². The summed E-state index contributed by atoms with van der Waals surface area (Å²) >= 11 is 0. The zero-order valence-corrected chi connectivity index (χ0v) is 14.8. The Kier molecular flexibility index (Phi) is 4.40. The zero-order chi connectivity index (χ0) is 17.4. The summed E-state index contributed by atoms with van der Waals surface area (Å²) in [6.07, 6.45) is 4.48. The highest BCUT2D eigenvalue weighted by atomic mass is 16.5. The summed E-state index contributed by atoms with van der Waals surface area (Å²) in [5.74, 6) is 1.09. The van der Waals surface area contributed by atoms with Crippen molar-refractivity contribution in [2.75, 3.05) is 19.6 Å². The predicted octanol–water partition coefficient (Wildman–Crippen LogP) is 2.38. The molecule has 25 heavy (non-hydrogen) atoms. The van der Waals surface area contributed by atoms with Gasteiger partial charge in [-0.25, -0.2) is 0 Å². The molecule has 0 N–H and O–H groups in total. The molecule has 2 saturated heterocycles. The number of amides is 2. The van der Waals surface area contributed by atoms with Crippen LogP contribution in [0.15, 0.2) is 24.3 Å². The van der Waals surface area contributed by atoms with Crippen molar-refractivity contribution in [1.82, 2.24) is 9.80 Å². The van der Waals surface area contributed by atoms with Crippen LogP contribution in [0.1, 0.15) is 37.7 Å². The number of carbonyl (C=O) groups is 2. The van der Waals surface area contributed by atoms with Gasteiger partial charge in [0.25, 0.3) is 0 Å². The molecule has 0 spiro atoms. The normalized spacial score (nSPS) is 24.7. The minimum atomic E-state index is -0.136. The molecule has 0 radical (unpaired) electrons. The number of piperidine rings is 1. The SMILES string of the molecule is Cc1ccc(OC2CCN(C(=O)[C@@H]3CC(=O)N(C4CC4)C3)CC2)cc1. The highest BCUT2D eigenvalue weighted by Gasteiger charge is 2.43. The monoisotopic (exact) mass is 342 g/mol. The fourth-order valence-electron chi connectivity index (χ4n) is 3.90. The molecule has 5 heteroatoms. The summed E-state index contributed by atoms with van der Waals surface area (Å²) < 4.78 is 6.04. The molecular weight excluding hydrogens is 316 g/mol. The summed E-state index contributed by atoms with van der Waals surface area (Å²) in [5, 5.41) is 0. The molecule has 1 aromatic carbocycles. The smallest absolute Gasteiger partial charge is 0.227 e. The molecule has 1 aliphatic carbocycles. The van der Waals surface area contributed by atoms with Crippen molar-refractivity contribution in [3.63, 3.8) is 0 Å². The molecule has 0 aromatic heterocycles. The van der Waals surface area contributed by atoms with Crippen LogP contribution in [-0.4, -0.2) is 53.4 Å². The van der Waals surface area contributed by atoms with E-state index in [0.29, 0.717) is 19.0 Å². The van der Waals surface area contributed by atoms with Crippen LogP contribution in [0.25, 0.3) is 0 Å². The lowest BCUT2D eigenvalue weighted by atomic mass is 10.0. The Hall–Kier alpha value is -2.04. The fraction of sp³-hybridized carbons (Fsp3) is 0.600. The Bertz CT molecular complexity index is 645. The van der Waals surface area contributed by atoms with Gasteiger partial charge in [0.15, 0.2) is 0 Å². The predicted molar refractivity (Wildman–Crippen MR) is 94.3 cm³/mol. The molecule has 1 aromatic rings. The van der Waals surface area contributed by atoms with Gasteiger partial charge in [0.2, 0.25) is 11.8 Å². The van der Waals surface area contributed by atoms with Crippen molar-refractivity contribution in [3.05, 3.63) is 29.8 Å². The number of aryl methyl sites for hydroxylation is 1. The molecule has 0 unspecified atom stereocenters. The summed E-state index contributed by atoms with van der Waals surface area (Å²) in [7, 11) is 0. The highest BCUT2D eigenvalue weighted by molar-refractivity contribution is 5.89. The number of nitrogens with zero attached hydrogens (tertiary/aromatic N) is 2. The topological polar surface area (TPSA) is 49.9 Å². The van der Waals surface area contributed by atoms with Gasteiger partial charge >= 0.3 is 0 Å². The lowest BCUT2D eigenvalue weighted by Crippen LogP contribution is -2.45. The first kappa shape index (κ1) is 16.4. The Labute approximate surface area is 148 Å². The number of hydrogen-bond acceptors (Lipinski definition) is 3. The van der Waals surface area contributed by atoms with Gasteiger partial charge in [-0.05, 0) is 31.9 Å². The standard InChI is InChI=1S/C20H26N2O3/c1-14-2-6-17(7-3-14)25-18-8-10-21(11-9-18)20(24)15-12-19(23)22(13-15)16-4-5-16/h2-3,6-7,15-16,18H,4-5,8-13H2,1H3/t15-/m1/s1. The number of benzene rings is 1. The lowest BCUT2D eigenvalue weighted by molar-refractivity contribution is -0.137. The van der Waals surface area contributed by atoms with Gasteiger partial charge in [-0.1, -0.05) is 17.7 Å². The average molecular weight is 342 g/mol. The van der Waals surface area contributed by atoms with E-state index in [9.17, 15) is 9.59 Å². The molecule has 3 fully saturated rings. The van der Waals surface area contributed by atoms with Crippen LogP contribution in [0.4, 0.5) is 0 Å². The summed E-state index contributed by atoms with van der Waals surface area (Å²) in [6.45, 7) is 4.14. The summed E-state index contributed by atoms with van der Waals surface area (Å²) in [4.78, 5) is 28.7. The van der Waals surface area contributed by atoms with E-state index in [1.807, 2.05) is 21.9 Å². The largest absolute Gasteiger partial charge is 0.490 e. The van der Waals surface area contributed by atoms with E-state index in [0.717, 1.165) is 44.5 Å². The average Bonchev–Trinajstić information content (AvgIpc) is 3.39. The van der Waals surface area contributed by atoms with Crippen molar-refractivity contribution in [2.45, 2.75) is 51.2 Å². The Balaban J connectivity index is 1.27. The van der Waals surface area contributed by atoms with Crippen LogP contribution < -0.4 is 4.74 Å². The second-order valence-electron chi connectivity index (χ2n) is 7.63. The highest BCUT2D eigenvalue weighted by Crippen LogP contribution is 2.33. The van der Waals surface area contributed by atoms with Gasteiger partial charge in [0, 0.05) is 44.9 Å².